The molecule has 0 aliphatic carbocycles. The summed E-state index contributed by atoms with van der Waals surface area (Å²) in [6, 6.07) is 9.35. The quantitative estimate of drug-likeness (QED) is 0.786. The molecule has 1 rings (SSSR count). The van der Waals surface area contributed by atoms with Crippen LogP contribution in [0.5, 0.6) is 0 Å². The van der Waals surface area contributed by atoms with Crippen LogP contribution in [0, 0.1) is 5.92 Å². The highest BCUT2D eigenvalue weighted by atomic mass is 79.9. The van der Waals surface area contributed by atoms with E-state index in [2.05, 4.69) is 79.8 Å². The summed E-state index contributed by atoms with van der Waals surface area (Å²) in [5.74, 6) is 0.699. The van der Waals surface area contributed by atoms with Gasteiger partial charge in [-0.25, -0.2) is 0 Å². The van der Waals surface area contributed by atoms with Gasteiger partial charge in [0.25, 0.3) is 0 Å². The molecule has 0 radical (unpaired) electrons. The third kappa shape index (κ3) is 4.57. The van der Waals surface area contributed by atoms with Crippen LogP contribution in [0.2, 0.25) is 0 Å². The first-order chi connectivity index (χ1) is 9.38. The molecular weight excluding hydrogens is 312 g/mol. The monoisotopic (exact) mass is 340 g/mol. The molecule has 3 atom stereocenters. The summed E-state index contributed by atoms with van der Waals surface area (Å²) in [5, 5.41) is 0. The molecule has 114 valence electrons. The second kappa shape index (κ2) is 8.16. The van der Waals surface area contributed by atoms with Crippen LogP contribution in [0.25, 0.3) is 0 Å². The normalized spacial score (nSPS) is 16.4. The van der Waals surface area contributed by atoms with Crippen molar-refractivity contribution < 1.29 is 0 Å². The van der Waals surface area contributed by atoms with E-state index in [1.165, 1.54) is 12.0 Å². The van der Waals surface area contributed by atoms with Crippen molar-refractivity contribution in [3.05, 3.63) is 34.3 Å². The fourth-order valence-electron chi connectivity index (χ4n) is 2.81. The van der Waals surface area contributed by atoms with Gasteiger partial charge >= 0.3 is 0 Å². The Bertz CT molecular complexity index is 406. The molecule has 2 N–H and O–H groups in total. The van der Waals surface area contributed by atoms with Crippen molar-refractivity contribution in [3.8, 4) is 0 Å². The maximum Gasteiger partial charge on any atom is 0.0509 e. The molecular formula is C17H29BrN2. The van der Waals surface area contributed by atoms with Crippen molar-refractivity contribution in [2.45, 2.75) is 58.7 Å². The minimum absolute atomic E-state index is 0.147. The molecule has 0 heterocycles. The molecule has 0 aromatic heterocycles. The van der Waals surface area contributed by atoms with Crippen LogP contribution in [-0.4, -0.2) is 24.0 Å². The van der Waals surface area contributed by atoms with Gasteiger partial charge in [-0.3, -0.25) is 4.90 Å². The lowest BCUT2D eigenvalue weighted by Gasteiger charge is -2.38. The maximum absolute atomic E-state index is 6.43. The highest BCUT2D eigenvalue weighted by Crippen LogP contribution is 2.32. The fraction of sp³-hybridized carbons (Fsp3) is 0.647. The number of likely N-dealkylation sites (N-methyl/N-ethyl adjacent to an activating group) is 1. The Balaban J connectivity index is 3.04. The topological polar surface area (TPSA) is 29.3 Å². The first kappa shape index (κ1) is 17.7. The van der Waals surface area contributed by atoms with Gasteiger partial charge in [0.05, 0.1) is 6.04 Å². The molecule has 0 saturated heterocycles. The minimum Gasteiger partial charge on any atom is -0.326 e. The van der Waals surface area contributed by atoms with Crippen LogP contribution >= 0.6 is 15.9 Å². The summed E-state index contributed by atoms with van der Waals surface area (Å²) >= 11 is 3.68. The molecule has 0 spiro atoms. The zero-order valence-electron chi connectivity index (χ0n) is 13.4. The molecule has 0 aliphatic heterocycles. The number of benzene rings is 1. The van der Waals surface area contributed by atoms with Crippen LogP contribution < -0.4 is 5.73 Å². The van der Waals surface area contributed by atoms with E-state index in [0.29, 0.717) is 12.0 Å². The number of rotatable bonds is 7. The highest BCUT2D eigenvalue weighted by Gasteiger charge is 2.27. The summed E-state index contributed by atoms with van der Waals surface area (Å²) in [5.41, 5.74) is 7.72. The number of halogens is 1. The molecule has 1 aromatic carbocycles. The first-order valence-corrected chi connectivity index (χ1v) is 8.39. The zero-order valence-corrected chi connectivity index (χ0v) is 15.0. The second-order valence-electron chi connectivity index (χ2n) is 6.18. The lowest BCUT2D eigenvalue weighted by atomic mass is 9.94. The second-order valence-corrected chi connectivity index (χ2v) is 7.04. The molecule has 3 unspecified atom stereocenters. The van der Waals surface area contributed by atoms with E-state index in [1.807, 2.05) is 0 Å². The SMILES string of the molecule is CCC(N)C(c1ccccc1Br)N(C)C(C)CC(C)C. The van der Waals surface area contributed by atoms with Crippen molar-refractivity contribution >= 4 is 15.9 Å². The average molecular weight is 341 g/mol. The van der Waals surface area contributed by atoms with Crippen LogP contribution in [0.15, 0.2) is 28.7 Å². The Morgan fingerprint density at radius 2 is 1.80 bits per heavy atom. The maximum atomic E-state index is 6.43. The van der Waals surface area contributed by atoms with Gasteiger partial charge in [-0.05, 0) is 44.4 Å². The van der Waals surface area contributed by atoms with Crippen molar-refractivity contribution in [2.24, 2.45) is 11.7 Å². The third-order valence-electron chi connectivity index (χ3n) is 4.05. The summed E-state index contributed by atoms with van der Waals surface area (Å²) in [6.45, 7) is 9.01. The van der Waals surface area contributed by atoms with Crippen LogP contribution in [0.4, 0.5) is 0 Å². The summed E-state index contributed by atoms with van der Waals surface area (Å²) < 4.78 is 1.15. The number of hydrogen-bond donors (Lipinski definition) is 1. The summed E-state index contributed by atoms with van der Waals surface area (Å²) in [7, 11) is 2.20. The molecule has 20 heavy (non-hydrogen) atoms. The van der Waals surface area contributed by atoms with Gasteiger partial charge < -0.3 is 5.73 Å². The molecule has 0 fully saturated rings. The Labute approximate surface area is 132 Å². The molecule has 0 amide bonds. The summed E-state index contributed by atoms with van der Waals surface area (Å²) in [4.78, 5) is 2.44. The van der Waals surface area contributed by atoms with Crippen LogP contribution in [0.3, 0.4) is 0 Å². The van der Waals surface area contributed by atoms with Crippen LogP contribution in [-0.2, 0) is 0 Å². The number of nitrogens with zero attached hydrogens (tertiary/aromatic N) is 1. The lowest BCUT2D eigenvalue weighted by Crippen LogP contribution is -2.43. The third-order valence-corrected chi connectivity index (χ3v) is 4.77. The first-order valence-electron chi connectivity index (χ1n) is 7.60. The molecule has 3 heteroatoms. The van der Waals surface area contributed by atoms with Gasteiger partial charge in [0.2, 0.25) is 0 Å². The summed E-state index contributed by atoms with van der Waals surface area (Å²) in [6.07, 6.45) is 2.17. The van der Waals surface area contributed by atoms with E-state index < -0.39 is 0 Å². The van der Waals surface area contributed by atoms with E-state index in [4.69, 9.17) is 5.73 Å². The fourth-order valence-corrected chi connectivity index (χ4v) is 3.33. The highest BCUT2D eigenvalue weighted by molar-refractivity contribution is 9.10. The molecule has 0 bridgehead atoms. The predicted molar refractivity (Wildman–Crippen MR) is 91.8 cm³/mol. The van der Waals surface area contributed by atoms with E-state index in [1.54, 1.807) is 0 Å². The average Bonchev–Trinajstić information content (AvgIpc) is 2.39. The van der Waals surface area contributed by atoms with Gasteiger partial charge in [-0.2, -0.15) is 0 Å². The van der Waals surface area contributed by atoms with Gasteiger partial charge in [0, 0.05) is 16.6 Å². The molecule has 0 aliphatic rings. The van der Waals surface area contributed by atoms with Gasteiger partial charge in [0.1, 0.15) is 0 Å². The molecule has 0 saturated carbocycles. The molecule has 1 aromatic rings. The van der Waals surface area contributed by atoms with E-state index >= 15 is 0 Å². The lowest BCUT2D eigenvalue weighted by molar-refractivity contribution is 0.141. The minimum atomic E-state index is 0.147. The van der Waals surface area contributed by atoms with Crippen molar-refractivity contribution in [1.29, 1.82) is 0 Å². The van der Waals surface area contributed by atoms with Crippen molar-refractivity contribution in [2.75, 3.05) is 7.05 Å². The largest absolute Gasteiger partial charge is 0.326 e. The van der Waals surface area contributed by atoms with Gasteiger partial charge in [0.15, 0.2) is 0 Å². The van der Waals surface area contributed by atoms with E-state index in [0.717, 1.165) is 10.9 Å². The Morgan fingerprint density at radius 1 is 1.20 bits per heavy atom. The van der Waals surface area contributed by atoms with Gasteiger partial charge in [-0.15, -0.1) is 0 Å². The zero-order chi connectivity index (χ0) is 15.3. The van der Waals surface area contributed by atoms with E-state index in [9.17, 15) is 0 Å². The Morgan fingerprint density at radius 3 is 2.30 bits per heavy atom. The smallest absolute Gasteiger partial charge is 0.0509 e. The molecule has 2 nitrogen and oxygen atoms in total. The van der Waals surface area contributed by atoms with Crippen molar-refractivity contribution in [1.82, 2.24) is 4.90 Å². The van der Waals surface area contributed by atoms with Crippen LogP contribution in [0.1, 0.15) is 52.1 Å². The van der Waals surface area contributed by atoms with Crippen molar-refractivity contribution in [3.63, 3.8) is 0 Å². The van der Waals surface area contributed by atoms with Gasteiger partial charge in [-0.1, -0.05) is 54.9 Å². The Hall–Kier alpha value is -0.380. The number of hydrogen-bond acceptors (Lipinski definition) is 2. The predicted octanol–water partition coefficient (Wildman–Crippen LogP) is 4.59. The Kier molecular flexibility index (Phi) is 7.21. The van der Waals surface area contributed by atoms with E-state index in [-0.39, 0.29) is 12.1 Å². The standard InChI is InChI=1S/C17H29BrN2/c1-6-16(19)17(14-9-7-8-10-15(14)18)20(5)13(4)11-12(2)3/h7-10,12-13,16-17H,6,11,19H2,1-5H3. The number of nitrogens with two attached hydrogens (primary N) is 1.